The predicted molar refractivity (Wildman–Crippen MR) is 87.8 cm³/mol. The van der Waals surface area contributed by atoms with Gasteiger partial charge in [-0.15, -0.1) is 0 Å². The van der Waals surface area contributed by atoms with Crippen molar-refractivity contribution in [1.82, 2.24) is 20.6 Å². The maximum Gasteiger partial charge on any atom is 0.292 e. The molecule has 9 heteroatoms. The minimum absolute atomic E-state index is 0.333. The number of hydrogen-bond donors (Lipinski definition) is 3. The standard InChI is InChI=1S/C15H22N6O3/c16-20-15(21-7-9-22-10-8-21)4-6-18-14(19-15)24-12-11-23-13-3-1-2-5-17-13/h1-6,20H,7-12,16H2,(H,18,19). The molecule has 1 saturated heterocycles. The van der Waals surface area contributed by atoms with E-state index in [4.69, 9.17) is 20.1 Å². The van der Waals surface area contributed by atoms with Crippen molar-refractivity contribution < 1.29 is 14.2 Å². The highest BCUT2D eigenvalue weighted by molar-refractivity contribution is 5.76. The summed E-state index contributed by atoms with van der Waals surface area (Å²) in [5.41, 5.74) is 2.77. The van der Waals surface area contributed by atoms with Crippen LogP contribution in [0.1, 0.15) is 0 Å². The average Bonchev–Trinajstić information content (AvgIpc) is 2.67. The largest absolute Gasteiger partial charge is 0.474 e. The van der Waals surface area contributed by atoms with Gasteiger partial charge in [0.15, 0.2) is 0 Å². The van der Waals surface area contributed by atoms with Crippen LogP contribution in [0, 0.1) is 0 Å². The van der Waals surface area contributed by atoms with Crippen LogP contribution in [0.3, 0.4) is 0 Å². The van der Waals surface area contributed by atoms with E-state index in [2.05, 4.69) is 25.6 Å². The second-order valence-corrected chi connectivity index (χ2v) is 5.23. The highest BCUT2D eigenvalue weighted by Gasteiger charge is 2.36. The van der Waals surface area contributed by atoms with E-state index in [-0.39, 0.29) is 0 Å². The van der Waals surface area contributed by atoms with E-state index in [9.17, 15) is 0 Å². The summed E-state index contributed by atoms with van der Waals surface area (Å²) in [5.74, 6) is 5.49. The zero-order valence-electron chi connectivity index (χ0n) is 13.4. The number of aliphatic imine (C=N–C) groups is 1. The molecule has 0 aliphatic carbocycles. The highest BCUT2D eigenvalue weighted by Crippen LogP contribution is 2.19. The number of pyridine rings is 1. The summed E-state index contributed by atoms with van der Waals surface area (Å²) in [6.07, 6.45) is 5.30. The summed E-state index contributed by atoms with van der Waals surface area (Å²) < 4.78 is 16.5. The number of amidine groups is 1. The van der Waals surface area contributed by atoms with Crippen molar-refractivity contribution in [3.05, 3.63) is 36.7 Å². The highest BCUT2D eigenvalue weighted by atomic mass is 16.5. The Labute approximate surface area is 140 Å². The third-order valence-corrected chi connectivity index (χ3v) is 3.71. The lowest BCUT2D eigenvalue weighted by Gasteiger charge is -2.41. The van der Waals surface area contributed by atoms with Crippen molar-refractivity contribution in [3.8, 4) is 5.88 Å². The van der Waals surface area contributed by atoms with Crippen LogP contribution in [0.5, 0.6) is 5.88 Å². The molecule has 0 amide bonds. The molecule has 1 unspecified atom stereocenters. The van der Waals surface area contributed by atoms with Gasteiger partial charge in [-0.05, 0) is 12.1 Å². The van der Waals surface area contributed by atoms with Gasteiger partial charge in [0.1, 0.15) is 13.2 Å². The fraction of sp³-hybridized carbons (Fsp3) is 0.467. The van der Waals surface area contributed by atoms with Gasteiger partial charge in [0, 0.05) is 31.6 Å². The summed E-state index contributed by atoms with van der Waals surface area (Å²) in [6, 6.07) is 5.87. The molecule has 2 aliphatic heterocycles. The second kappa shape index (κ2) is 8.06. The van der Waals surface area contributed by atoms with Crippen LogP contribution in [0.25, 0.3) is 0 Å². The first-order chi connectivity index (χ1) is 11.8. The number of morpholine rings is 1. The first-order valence-electron chi connectivity index (χ1n) is 7.84. The predicted octanol–water partition coefficient (Wildman–Crippen LogP) is -0.601. The van der Waals surface area contributed by atoms with Gasteiger partial charge < -0.3 is 19.5 Å². The van der Waals surface area contributed by atoms with Gasteiger partial charge in [0.05, 0.1) is 13.2 Å². The van der Waals surface area contributed by atoms with Gasteiger partial charge >= 0.3 is 0 Å². The van der Waals surface area contributed by atoms with E-state index in [1.54, 1.807) is 18.5 Å². The first-order valence-corrected chi connectivity index (χ1v) is 7.84. The lowest BCUT2D eigenvalue weighted by molar-refractivity contribution is -0.0164. The normalized spacial score (nSPS) is 24.1. The zero-order valence-corrected chi connectivity index (χ0v) is 13.4. The molecule has 2 aliphatic rings. The second-order valence-electron chi connectivity index (χ2n) is 5.23. The fourth-order valence-electron chi connectivity index (χ4n) is 2.50. The van der Waals surface area contributed by atoms with E-state index in [1.807, 2.05) is 18.2 Å². The average molecular weight is 334 g/mol. The monoisotopic (exact) mass is 334 g/mol. The Hall–Kier alpha value is -2.20. The smallest absolute Gasteiger partial charge is 0.292 e. The van der Waals surface area contributed by atoms with Crippen molar-refractivity contribution in [3.63, 3.8) is 0 Å². The summed E-state index contributed by atoms with van der Waals surface area (Å²) in [7, 11) is 0. The van der Waals surface area contributed by atoms with Crippen LogP contribution in [0.15, 0.2) is 41.7 Å². The van der Waals surface area contributed by atoms with Crippen molar-refractivity contribution in [2.24, 2.45) is 10.8 Å². The van der Waals surface area contributed by atoms with Crippen LogP contribution in [-0.4, -0.2) is 61.2 Å². The Bertz CT molecular complexity index is 576. The molecule has 24 heavy (non-hydrogen) atoms. The van der Waals surface area contributed by atoms with Gasteiger partial charge in [-0.25, -0.2) is 10.4 Å². The molecule has 1 fully saturated rings. The van der Waals surface area contributed by atoms with Gasteiger partial charge in [0.25, 0.3) is 6.02 Å². The quantitative estimate of drug-likeness (QED) is 0.360. The number of nitrogens with zero attached hydrogens (tertiary/aromatic N) is 3. The molecule has 1 atom stereocenters. The summed E-state index contributed by atoms with van der Waals surface area (Å²) in [5, 5.41) is 2.97. The van der Waals surface area contributed by atoms with Crippen LogP contribution >= 0.6 is 0 Å². The molecule has 0 spiro atoms. The Balaban J connectivity index is 1.54. The Morgan fingerprint density at radius 3 is 2.88 bits per heavy atom. The number of rotatable bonds is 6. The number of nitrogens with two attached hydrogens (primary N) is 1. The lowest BCUT2D eigenvalue weighted by atomic mass is 10.2. The van der Waals surface area contributed by atoms with E-state index in [0.717, 1.165) is 13.1 Å². The molecule has 0 radical (unpaired) electrons. The first kappa shape index (κ1) is 16.7. The van der Waals surface area contributed by atoms with Gasteiger partial charge in [-0.2, -0.15) is 4.99 Å². The van der Waals surface area contributed by atoms with Crippen molar-refractivity contribution in [1.29, 1.82) is 0 Å². The molecule has 9 nitrogen and oxygen atoms in total. The molecule has 0 saturated carbocycles. The topological polar surface area (TPSA) is 106 Å². The Kier molecular flexibility index (Phi) is 5.59. The van der Waals surface area contributed by atoms with Crippen LogP contribution < -0.4 is 21.3 Å². The molecule has 3 rings (SSSR count). The van der Waals surface area contributed by atoms with E-state index >= 15 is 0 Å². The summed E-state index contributed by atoms with van der Waals surface area (Å²) in [4.78, 5) is 10.7. The molecule has 130 valence electrons. The van der Waals surface area contributed by atoms with E-state index in [0.29, 0.717) is 38.3 Å². The molecular weight excluding hydrogens is 312 g/mol. The van der Waals surface area contributed by atoms with Crippen molar-refractivity contribution in [2.45, 2.75) is 5.79 Å². The third kappa shape index (κ3) is 4.01. The van der Waals surface area contributed by atoms with Crippen molar-refractivity contribution in [2.75, 3.05) is 39.5 Å². The van der Waals surface area contributed by atoms with Crippen LogP contribution in [0.4, 0.5) is 0 Å². The number of aromatic nitrogens is 1. The number of hydrogen-bond acceptors (Lipinski definition) is 9. The Morgan fingerprint density at radius 2 is 2.12 bits per heavy atom. The number of ether oxygens (including phenoxy) is 3. The molecule has 1 aromatic rings. The van der Waals surface area contributed by atoms with E-state index < -0.39 is 5.79 Å². The van der Waals surface area contributed by atoms with Crippen LogP contribution in [-0.2, 0) is 9.47 Å². The summed E-state index contributed by atoms with van der Waals surface area (Å²) in [6.45, 7) is 3.45. The molecule has 0 aromatic carbocycles. The van der Waals surface area contributed by atoms with Gasteiger partial charge in [-0.1, -0.05) is 6.07 Å². The minimum Gasteiger partial charge on any atom is -0.474 e. The lowest BCUT2D eigenvalue weighted by Crippen LogP contribution is -2.63. The van der Waals surface area contributed by atoms with Crippen LogP contribution in [0.2, 0.25) is 0 Å². The van der Waals surface area contributed by atoms with Gasteiger partial charge in [-0.3, -0.25) is 10.7 Å². The molecule has 3 heterocycles. The number of nitrogens with one attached hydrogen (secondary N) is 2. The fourth-order valence-corrected chi connectivity index (χ4v) is 2.50. The minimum atomic E-state index is -0.827. The van der Waals surface area contributed by atoms with Crippen molar-refractivity contribution >= 4 is 6.02 Å². The molecule has 4 N–H and O–H groups in total. The maximum absolute atomic E-state index is 5.76. The number of hydrazine groups is 1. The van der Waals surface area contributed by atoms with E-state index in [1.165, 1.54) is 0 Å². The summed E-state index contributed by atoms with van der Waals surface area (Å²) >= 11 is 0. The third-order valence-electron chi connectivity index (χ3n) is 3.71. The molecular formula is C15H22N6O3. The van der Waals surface area contributed by atoms with Gasteiger partial charge in [0.2, 0.25) is 11.7 Å². The molecule has 1 aromatic heterocycles. The zero-order chi connectivity index (χ0) is 16.7. The SMILES string of the molecule is NNC1(N2CCOCC2)C=CNC(OCCOc2ccccn2)=N1. The molecule has 0 bridgehead atoms. The maximum atomic E-state index is 5.76. The Morgan fingerprint density at radius 1 is 1.29 bits per heavy atom.